The highest BCUT2D eigenvalue weighted by Gasteiger charge is 2.03. The van der Waals surface area contributed by atoms with Gasteiger partial charge in [-0.1, -0.05) is 43.3 Å². The number of rotatable bonds is 3. The fourth-order valence-corrected chi connectivity index (χ4v) is 2.13. The van der Waals surface area contributed by atoms with E-state index >= 15 is 0 Å². The molecule has 2 aromatic rings. The summed E-state index contributed by atoms with van der Waals surface area (Å²) in [7, 11) is 0. The molecule has 0 radical (unpaired) electrons. The minimum atomic E-state index is 0.219. The van der Waals surface area contributed by atoms with Crippen molar-refractivity contribution >= 4 is 10.8 Å². The quantitative estimate of drug-likeness (QED) is 0.807. The molecule has 1 N–H and O–H groups in total. The van der Waals surface area contributed by atoms with Crippen LogP contribution >= 0.6 is 0 Å². The largest absolute Gasteiger partial charge is 0.396 e. The van der Waals surface area contributed by atoms with Gasteiger partial charge in [-0.2, -0.15) is 0 Å². The van der Waals surface area contributed by atoms with Gasteiger partial charge in [-0.15, -0.1) is 0 Å². The van der Waals surface area contributed by atoms with Gasteiger partial charge >= 0.3 is 0 Å². The Balaban J connectivity index is 2.69. The molecule has 0 bridgehead atoms. The van der Waals surface area contributed by atoms with E-state index in [9.17, 15) is 0 Å². The standard InChI is InChI=1S/C14H16O/c1-2-11-5-3-6-12-7-4-8-13(9-10-15)14(11)12/h3-8,15H,2,9-10H2,1H3. The highest BCUT2D eigenvalue weighted by atomic mass is 16.2. The van der Waals surface area contributed by atoms with Gasteiger partial charge in [0.05, 0.1) is 0 Å². The van der Waals surface area contributed by atoms with E-state index in [1.807, 2.05) is 0 Å². The number of aliphatic hydroxyl groups excluding tert-OH is 1. The lowest BCUT2D eigenvalue weighted by Gasteiger charge is -2.09. The van der Waals surface area contributed by atoms with Crippen molar-refractivity contribution in [2.45, 2.75) is 19.8 Å². The predicted octanol–water partition coefficient (Wildman–Crippen LogP) is 2.94. The third-order valence-corrected chi connectivity index (χ3v) is 2.84. The Bertz CT molecular complexity index is 455. The maximum absolute atomic E-state index is 9.04. The molecule has 0 heterocycles. The molecule has 1 nitrogen and oxygen atoms in total. The zero-order valence-electron chi connectivity index (χ0n) is 9.03. The van der Waals surface area contributed by atoms with Crippen molar-refractivity contribution in [1.29, 1.82) is 0 Å². The summed E-state index contributed by atoms with van der Waals surface area (Å²) in [5, 5.41) is 11.7. The molecule has 78 valence electrons. The van der Waals surface area contributed by atoms with Crippen LogP contribution < -0.4 is 0 Å². The van der Waals surface area contributed by atoms with E-state index in [4.69, 9.17) is 5.11 Å². The fourth-order valence-electron chi connectivity index (χ4n) is 2.13. The summed E-state index contributed by atoms with van der Waals surface area (Å²) in [6, 6.07) is 12.7. The van der Waals surface area contributed by atoms with Crippen LogP contribution in [0.25, 0.3) is 10.8 Å². The van der Waals surface area contributed by atoms with Crippen molar-refractivity contribution in [1.82, 2.24) is 0 Å². The van der Waals surface area contributed by atoms with Crippen LogP contribution in [0.15, 0.2) is 36.4 Å². The molecule has 2 rings (SSSR count). The summed E-state index contributed by atoms with van der Waals surface area (Å²) < 4.78 is 0. The normalized spacial score (nSPS) is 10.8. The molecular formula is C14H16O. The Morgan fingerprint density at radius 3 is 2.27 bits per heavy atom. The SMILES string of the molecule is CCc1cccc2cccc(CCO)c12. The topological polar surface area (TPSA) is 20.2 Å². The summed E-state index contributed by atoms with van der Waals surface area (Å²) in [5.74, 6) is 0. The van der Waals surface area contributed by atoms with E-state index < -0.39 is 0 Å². The highest BCUT2D eigenvalue weighted by molar-refractivity contribution is 5.88. The molecule has 1 heteroatoms. The number of fused-ring (bicyclic) bond motifs is 1. The van der Waals surface area contributed by atoms with E-state index in [0.717, 1.165) is 12.8 Å². The Morgan fingerprint density at radius 1 is 1.00 bits per heavy atom. The first kappa shape index (κ1) is 10.2. The van der Waals surface area contributed by atoms with Crippen LogP contribution in [0.5, 0.6) is 0 Å². The van der Waals surface area contributed by atoms with Crippen LogP contribution in [0, 0.1) is 0 Å². The lowest BCUT2D eigenvalue weighted by Crippen LogP contribution is -1.94. The molecule has 0 unspecified atom stereocenters. The number of hydrogen-bond acceptors (Lipinski definition) is 1. The van der Waals surface area contributed by atoms with E-state index in [2.05, 4.69) is 43.3 Å². The van der Waals surface area contributed by atoms with Gasteiger partial charge < -0.3 is 5.11 Å². The Labute approximate surface area is 90.4 Å². The minimum absolute atomic E-state index is 0.219. The van der Waals surface area contributed by atoms with Crippen molar-refractivity contribution in [2.24, 2.45) is 0 Å². The maximum atomic E-state index is 9.04. The predicted molar refractivity (Wildman–Crippen MR) is 64.1 cm³/mol. The summed E-state index contributed by atoms with van der Waals surface area (Å²) in [5.41, 5.74) is 2.63. The molecular weight excluding hydrogens is 184 g/mol. The van der Waals surface area contributed by atoms with Gasteiger partial charge in [0.2, 0.25) is 0 Å². The lowest BCUT2D eigenvalue weighted by molar-refractivity contribution is 0.300. The van der Waals surface area contributed by atoms with Crippen LogP contribution in [0.1, 0.15) is 18.1 Å². The summed E-state index contributed by atoms with van der Waals surface area (Å²) in [4.78, 5) is 0. The van der Waals surface area contributed by atoms with Gasteiger partial charge in [0.1, 0.15) is 0 Å². The molecule has 0 fully saturated rings. The van der Waals surface area contributed by atoms with E-state index in [1.165, 1.54) is 21.9 Å². The van der Waals surface area contributed by atoms with E-state index in [-0.39, 0.29) is 6.61 Å². The number of aliphatic hydroxyl groups is 1. The molecule has 0 aliphatic carbocycles. The molecule has 0 saturated heterocycles. The second kappa shape index (κ2) is 4.45. The molecule has 0 atom stereocenters. The van der Waals surface area contributed by atoms with Crippen LogP contribution in [-0.4, -0.2) is 11.7 Å². The molecule has 0 aromatic heterocycles. The summed E-state index contributed by atoms with van der Waals surface area (Å²) >= 11 is 0. The molecule has 0 aliphatic heterocycles. The maximum Gasteiger partial charge on any atom is 0.0471 e. The van der Waals surface area contributed by atoms with Gasteiger partial charge in [-0.05, 0) is 34.7 Å². The molecule has 2 aromatic carbocycles. The van der Waals surface area contributed by atoms with Crippen LogP contribution in [0.4, 0.5) is 0 Å². The van der Waals surface area contributed by atoms with Crippen LogP contribution in [0.2, 0.25) is 0 Å². The first-order valence-electron chi connectivity index (χ1n) is 5.47. The monoisotopic (exact) mass is 200 g/mol. The van der Waals surface area contributed by atoms with E-state index in [1.54, 1.807) is 0 Å². The first-order valence-corrected chi connectivity index (χ1v) is 5.47. The van der Waals surface area contributed by atoms with Crippen molar-refractivity contribution in [3.8, 4) is 0 Å². The van der Waals surface area contributed by atoms with Crippen LogP contribution in [0.3, 0.4) is 0 Å². The van der Waals surface area contributed by atoms with Crippen molar-refractivity contribution in [2.75, 3.05) is 6.61 Å². The number of benzene rings is 2. The molecule has 0 amide bonds. The Hall–Kier alpha value is -1.34. The Morgan fingerprint density at radius 2 is 1.67 bits per heavy atom. The van der Waals surface area contributed by atoms with Crippen molar-refractivity contribution < 1.29 is 5.11 Å². The van der Waals surface area contributed by atoms with Gasteiger partial charge in [-0.3, -0.25) is 0 Å². The second-order valence-corrected chi connectivity index (χ2v) is 3.76. The van der Waals surface area contributed by atoms with Crippen LogP contribution in [-0.2, 0) is 12.8 Å². The average molecular weight is 200 g/mol. The smallest absolute Gasteiger partial charge is 0.0471 e. The number of aryl methyl sites for hydroxylation is 1. The molecule has 0 aliphatic rings. The zero-order valence-corrected chi connectivity index (χ0v) is 9.03. The zero-order chi connectivity index (χ0) is 10.7. The highest BCUT2D eigenvalue weighted by Crippen LogP contribution is 2.23. The van der Waals surface area contributed by atoms with Gasteiger partial charge in [0, 0.05) is 6.61 Å². The molecule has 0 spiro atoms. The molecule has 0 saturated carbocycles. The molecule has 15 heavy (non-hydrogen) atoms. The third kappa shape index (κ3) is 1.88. The average Bonchev–Trinajstić information content (AvgIpc) is 2.29. The van der Waals surface area contributed by atoms with Crippen molar-refractivity contribution in [3.63, 3.8) is 0 Å². The second-order valence-electron chi connectivity index (χ2n) is 3.76. The van der Waals surface area contributed by atoms with Gasteiger partial charge in [-0.25, -0.2) is 0 Å². The summed E-state index contributed by atoms with van der Waals surface area (Å²) in [6.45, 7) is 2.39. The first-order chi connectivity index (χ1) is 7.36. The van der Waals surface area contributed by atoms with Gasteiger partial charge in [0.15, 0.2) is 0 Å². The number of hydrogen-bond donors (Lipinski definition) is 1. The minimum Gasteiger partial charge on any atom is -0.396 e. The fraction of sp³-hybridized carbons (Fsp3) is 0.286. The third-order valence-electron chi connectivity index (χ3n) is 2.84. The lowest BCUT2D eigenvalue weighted by atomic mass is 9.96. The van der Waals surface area contributed by atoms with Crippen molar-refractivity contribution in [3.05, 3.63) is 47.5 Å². The Kier molecular flexibility index (Phi) is 3.02. The van der Waals surface area contributed by atoms with Gasteiger partial charge in [0.25, 0.3) is 0 Å². The summed E-state index contributed by atoms with van der Waals surface area (Å²) in [6.07, 6.45) is 1.79. The van der Waals surface area contributed by atoms with E-state index in [0.29, 0.717) is 0 Å².